The molecule has 7 heteroatoms. The van der Waals surface area contributed by atoms with E-state index in [-0.39, 0.29) is 5.57 Å². The van der Waals surface area contributed by atoms with E-state index < -0.39 is 17.7 Å². The van der Waals surface area contributed by atoms with Crippen molar-refractivity contribution in [1.29, 1.82) is 0 Å². The van der Waals surface area contributed by atoms with Gasteiger partial charge in [0.2, 0.25) is 0 Å². The number of carbonyl (C=O) groups is 2. The van der Waals surface area contributed by atoms with Gasteiger partial charge < -0.3 is 24.4 Å². The van der Waals surface area contributed by atoms with Crippen molar-refractivity contribution < 1.29 is 23.8 Å². The average molecular weight is 374 g/mol. The van der Waals surface area contributed by atoms with E-state index in [1.54, 1.807) is 7.11 Å². The number of rotatable bonds is 6. The SMILES string of the molecule is COc1cccc(CCN2CCCC2)c1NC=C1C(=O)OC(C)(C)OC1=O. The molecule has 2 heterocycles. The number of ether oxygens (including phenoxy) is 3. The molecule has 0 unspecified atom stereocenters. The highest BCUT2D eigenvalue weighted by molar-refractivity contribution is 6.15. The van der Waals surface area contributed by atoms with Crippen LogP contribution in [0.25, 0.3) is 0 Å². The smallest absolute Gasteiger partial charge is 0.350 e. The van der Waals surface area contributed by atoms with Crippen LogP contribution in [-0.2, 0) is 25.5 Å². The van der Waals surface area contributed by atoms with Crippen molar-refractivity contribution in [1.82, 2.24) is 4.90 Å². The van der Waals surface area contributed by atoms with E-state index in [9.17, 15) is 9.59 Å². The first-order valence-electron chi connectivity index (χ1n) is 9.21. The monoisotopic (exact) mass is 374 g/mol. The third kappa shape index (κ3) is 4.60. The van der Waals surface area contributed by atoms with Crippen molar-refractivity contribution >= 4 is 17.6 Å². The number of anilines is 1. The molecule has 7 nitrogen and oxygen atoms in total. The summed E-state index contributed by atoms with van der Waals surface area (Å²) >= 11 is 0. The standard InChI is InChI=1S/C20H26N2O5/c1-20(2)26-18(23)15(19(24)27-20)13-21-17-14(7-6-8-16(17)25-3)9-12-22-10-4-5-11-22/h6-8,13,21H,4-5,9-12H2,1-3H3. The first-order valence-corrected chi connectivity index (χ1v) is 9.21. The molecule has 0 atom stereocenters. The van der Waals surface area contributed by atoms with Gasteiger partial charge in [-0.1, -0.05) is 12.1 Å². The van der Waals surface area contributed by atoms with Crippen LogP contribution in [0, 0.1) is 0 Å². The van der Waals surface area contributed by atoms with Crippen LogP contribution in [0.15, 0.2) is 30.0 Å². The fourth-order valence-corrected chi connectivity index (χ4v) is 3.33. The van der Waals surface area contributed by atoms with Crippen molar-refractivity contribution in [2.24, 2.45) is 0 Å². The Morgan fingerprint density at radius 3 is 2.48 bits per heavy atom. The zero-order valence-electron chi connectivity index (χ0n) is 16.0. The maximum absolute atomic E-state index is 12.1. The molecule has 2 saturated heterocycles. The van der Waals surface area contributed by atoms with Crippen molar-refractivity contribution in [3.8, 4) is 5.75 Å². The molecule has 0 radical (unpaired) electrons. The fourth-order valence-electron chi connectivity index (χ4n) is 3.33. The molecule has 0 saturated carbocycles. The zero-order valence-corrected chi connectivity index (χ0v) is 16.0. The molecule has 1 N–H and O–H groups in total. The van der Waals surface area contributed by atoms with E-state index in [0.29, 0.717) is 5.75 Å². The highest BCUT2D eigenvalue weighted by Gasteiger charge is 2.39. The number of benzene rings is 1. The predicted octanol–water partition coefficient (Wildman–Crippen LogP) is 2.47. The molecule has 0 amide bonds. The number of esters is 2. The second kappa shape index (κ2) is 8.00. The summed E-state index contributed by atoms with van der Waals surface area (Å²) in [7, 11) is 1.59. The van der Waals surface area contributed by atoms with Gasteiger partial charge in [-0.2, -0.15) is 0 Å². The molecule has 0 aromatic heterocycles. The molecule has 27 heavy (non-hydrogen) atoms. The summed E-state index contributed by atoms with van der Waals surface area (Å²) < 4.78 is 15.7. The van der Waals surface area contributed by atoms with Gasteiger partial charge in [-0.25, -0.2) is 9.59 Å². The minimum absolute atomic E-state index is 0.175. The van der Waals surface area contributed by atoms with Crippen LogP contribution >= 0.6 is 0 Å². The number of hydrogen-bond acceptors (Lipinski definition) is 7. The third-order valence-corrected chi connectivity index (χ3v) is 4.71. The first kappa shape index (κ1) is 19.2. The Balaban J connectivity index is 1.78. The lowest BCUT2D eigenvalue weighted by Gasteiger charge is -2.29. The van der Waals surface area contributed by atoms with Gasteiger partial charge in [0.15, 0.2) is 5.57 Å². The van der Waals surface area contributed by atoms with Crippen LogP contribution < -0.4 is 10.1 Å². The summed E-state index contributed by atoms with van der Waals surface area (Å²) in [6.45, 7) is 6.25. The third-order valence-electron chi connectivity index (χ3n) is 4.71. The van der Waals surface area contributed by atoms with E-state index >= 15 is 0 Å². The van der Waals surface area contributed by atoms with Gasteiger partial charge >= 0.3 is 11.9 Å². The Morgan fingerprint density at radius 1 is 1.19 bits per heavy atom. The molecule has 146 valence electrons. The topological polar surface area (TPSA) is 77.1 Å². The van der Waals surface area contributed by atoms with Crippen LogP contribution in [-0.4, -0.2) is 49.4 Å². The van der Waals surface area contributed by atoms with E-state index in [4.69, 9.17) is 14.2 Å². The molecule has 2 fully saturated rings. The summed E-state index contributed by atoms with van der Waals surface area (Å²) in [5.74, 6) is -2.03. The molecule has 3 rings (SSSR count). The second-order valence-corrected chi connectivity index (χ2v) is 7.17. The van der Waals surface area contributed by atoms with Gasteiger partial charge in [0.1, 0.15) is 5.75 Å². The Kier molecular flexibility index (Phi) is 5.70. The van der Waals surface area contributed by atoms with Crippen LogP contribution in [0.1, 0.15) is 32.3 Å². The van der Waals surface area contributed by atoms with Crippen molar-refractivity contribution in [3.63, 3.8) is 0 Å². The van der Waals surface area contributed by atoms with E-state index in [0.717, 1.165) is 37.3 Å². The van der Waals surface area contributed by atoms with E-state index in [2.05, 4.69) is 10.2 Å². The quantitative estimate of drug-likeness (QED) is 0.466. The van der Waals surface area contributed by atoms with E-state index in [1.165, 1.54) is 32.9 Å². The fraction of sp³-hybridized carbons (Fsp3) is 0.500. The number of methoxy groups -OCH3 is 1. The van der Waals surface area contributed by atoms with Gasteiger partial charge in [0, 0.05) is 26.6 Å². The lowest BCUT2D eigenvalue weighted by molar-refractivity contribution is -0.222. The van der Waals surface area contributed by atoms with Crippen LogP contribution in [0.5, 0.6) is 5.75 Å². The molecule has 1 aromatic carbocycles. The molecule has 0 spiro atoms. The van der Waals surface area contributed by atoms with E-state index in [1.807, 2.05) is 18.2 Å². The lowest BCUT2D eigenvalue weighted by Crippen LogP contribution is -2.42. The second-order valence-electron chi connectivity index (χ2n) is 7.17. The first-order chi connectivity index (χ1) is 12.9. The average Bonchev–Trinajstić information content (AvgIpc) is 3.12. The largest absolute Gasteiger partial charge is 0.495 e. The molecule has 2 aliphatic rings. The van der Waals surface area contributed by atoms with Crippen LogP contribution in [0.2, 0.25) is 0 Å². The Bertz CT molecular complexity index is 729. The van der Waals surface area contributed by atoms with Crippen molar-refractivity contribution in [2.45, 2.75) is 38.9 Å². The van der Waals surface area contributed by atoms with Crippen molar-refractivity contribution in [2.75, 3.05) is 32.1 Å². The summed E-state index contributed by atoms with van der Waals surface area (Å²) in [5.41, 5.74) is 1.61. The Hall–Kier alpha value is -2.54. The normalized spacial score (nSPS) is 19.4. The number of carbonyl (C=O) groups excluding carboxylic acids is 2. The van der Waals surface area contributed by atoms with Gasteiger partial charge in [0.05, 0.1) is 12.8 Å². The number of para-hydroxylation sites is 1. The number of nitrogens with one attached hydrogen (secondary N) is 1. The van der Waals surface area contributed by atoms with Gasteiger partial charge in [-0.3, -0.25) is 0 Å². The Labute approximate surface area is 159 Å². The predicted molar refractivity (Wildman–Crippen MR) is 100 cm³/mol. The van der Waals surface area contributed by atoms with Crippen LogP contribution in [0.4, 0.5) is 5.69 Å². The molecular formula is C20H26N2O5. The van der Waals surface area contributed by atoms with Gasteiger partial charge in [-0.15, -0.1) is 0 Å². The minimum atomic E-state index is -1.25. The van der Waals surface area contributed by atoms with Crippen molar-refractivity contribution in [3.05, 3.63) is 35.5 Å². The lowest BCUT2D eigenvalue weighted by atomic mass is 10.1. The number of hydrogen-bond donors (Lipinski definition) is 1. The summed E-state index contributed by atoms with van der Waals surface area (Å²) in [4.78, 5) is 26.7. The highest BCUT2D eigenvalue weighted by Crippen LogP contribution is 2.30. The molecule has 1 aromatic rings. The summed E-state index contributed by atoms with van der Waals surface area (Å²) in [6.07, 6.45) is 4.66. The molecule has 0 bridgehead atoms. The summed E-state index contributed by atoms with van der Waals surface area (Å²) in [6, 6.07) is 5.78. The van der Waals surface area contributed by atoms with Gasteiger partial charge in [0.25, 0.3) is 5.79 Å². The number of cyclic esters (lactones) is 2. The zero-order chi connectivity index (χ0) is 19.4. The number of nitrogens with zero attached hydrogens (tertiary/aromatic N) is 1. The van der Waals surface area contributed by atoms with Crippen LogP contribution in [0.3, 0.4) is 0 Å². The van der Waals surface area contributed by atoms with Gasteiger partial charge in [-0.05, 0) is 44.0 Å². The molecule has 2 aliphatic heterocycles. The Morgan fingerprint density at radius 2 is 1.85 bits per heavy atom. The minimum Gasteiger partial charge on any atom is -0.495 e. The molecular weight excluding hydrogens is 348 g/mol. The maximum atomic E-state index is 12.1. The number of likely N-dealkylation sites (tertiary alicyclic amines) is 1. The summed E-state index contributed by atoms with van der Waals surface area (Å²) in [5, 5.41) is 3.06. The highest BCUT2D eigenvalue weighted by atomic mass is 16.7. The maximum Gasteiger partial charge on any atom is 0.350 e. The molecule has 0 aliphatic carbocycles.